The van der Waals surface area contributed by atoms with Gasteiger partial charge in [-0.15, -0.1) is 12.4 Å². The van der Waals surface area contributed by atoms with Gasteiger partial charge in [-0.05, 0) is 36.9 Å². The van der Waals surface area contributed by atoms with Crippen LogP contribution in [0.3, 0.4) is 0 Å². The van der Waals surface area contributed by atoms with Crippen molar-refractivity contribution in [3.8, 4) is 5.75 Å². The Hall–Kier alpha value is -1.26. The molecule has 0 spiro atoms. The van der Waals surface area contributed by atoms with Gasteiger partial charge in [0, 0.05) is 19.0 Å². The van der Waals surface area contributed by atoms with E-state index >= 15 is 0 Å². The number of amides is 1. The van der Waals surface area contributed by atoms with Crippen LogP contribution in [0.1, 0.15) is 37.7 Å². The molecule has 1 aromatic rings. The topological polar surface area (TPSA) is 50.4 Å². The molecule has 0 aromatic heterocycles. The fourth-order valence-corrected chi connectivity index (χ4v) is 2.72. The number of benzene rings is 1. The molecule has 1 heterocycles. The van der Waals surface area contributed by atoms with E-state index in [1.807, 2.05) is 24.3 Å². The highest BCUT2D eigenvalue weighted by Crippen LogP contribution is 2.28. The highest BCUT2D eigenvalue weighted by molar-refractivity contribution is 5.85. The number of para-hydroxylation sites is 1. The summed E-state index contributed by atoms with van der Waals surface area (Å²) in [6, 6.07) is 8.18. The van der Waals surface area contributed by atoms with Gasteiger partial charge in [-0.3, -0.25) is 4.79 Å². The molecule has 21 heavy (non-hydrogen) atoms. The molecule has 2 rings (SSSR count). The maximum Gasteiger partial charge on any atom is 0.220 e. The average molecular weight is 313 g/mol. The van der Waals surface area contributed by atoms with E-state index in [4.69, 9.17) is 4.74 Å². The number of carbonyl (C=O) groups excluding carboxylic acids is 1. The molecule has 1 aromatic carbocycles. The molecule has 2 atom stereocenters. The van der Waals surface area contributed by atoms with Crippen LogP contribution in [0.5, 0.6) is 5.75 Å². The molecule has 0 aliphatic carbocycles. The molecular formula is C16H25ClN2O2. The highest BCUT2D eigenvalue weighted by atomic mass is 35.5. The van der Waals surface area contributed by atoms with Gasteiger partial charge < -0.3 is 15.4 Å². The summed E-state index contributed by atoms with van der Waals surface area (Å²) in [6.07, 6.45) is 2.70. The molecule has 1 aliphatic heterocycles. The third kappa shape index (κ3) is 5.21. The highest BCUT2D eigenvalue weighted by Gasteiger charge is 2.19. The second kappa shape index (κ2) is 8.90. The Labute approximate surface area is 133 Å². The fourth-order valence-electron chi connectivity index (χ4n) is 2.72. The monoisotopic (exact) mass is 312 g/mol. The number of ether oxygens (including phenoxy) is 1. The van der Waals surface area contributed by atoms with Crippen LogP contribution in [-0.4, -0.2) is 32.1 Å². The summed E-state index contributed by atoms with van der Waals surface area (Å²) in [5, 5.41) is 6.42. The molecule has 1 aliphatic rings. The van der Waals surface area contributed by atoms with E-state index < -0.39 is 0 Å². The van der Waals surface area contributed by atoms with Gasteiger partial charge >= 0.3 is 0 Å². The molecule has 1 saturated heterocycles. The Balaban J connectivity index is 0.00000220. The van der Waals surface area contributed by atoms with Crippen LogP contribution >= 0.6 is 12.4 Å². The minimum atomic E-state index is 0. The first-order chi connectivity index (χ1) is 9.70. The predicted octanol–water partition coefficient (Wildman–Crippen LogP) is 2.48. The summed E-state index contributed by atoms with van der Waals surface area (Å²) in [7, 11) is 1.67. The van der Waals surface area contributed by atoms with Crippen molar-refractivity contribution in [1.29, 1.82) is 0 Å². The predicted molar refractivity (Wildman–Crippen MR) is 87.3 cm³/mol. The number of carbonyl (C=O) groups is 1. The zero-order chi connectivity index (χ0) is 14.4. The van der Waals surface area contributed by atoms with Crippen LogP contribution in [0, 0.1) is 0 Å². The van der Waals surface area contributed by atoms with Crippen LogP contribution in [-0.2, 0) is 4.79 Å². The van der Waals surface area contributed by atoms with Gasteiger partial charge in [-0.1, -0.05) is 25.1 Å². The van der Waals surface area contributed by atoms with E-state index in [9.17, 15) is 4.79 Å². The van der Waals surface area contributed by atoms with Crippen LogP contribution in [0.2, 0.25) is 0 Å². The molecule has 0 saturated carbocycles. The lowest BCUT2D eigenvalue weighted by atomic mass is 9.96. The van der Waals surface area contributed by atoms with E-state index in [1.54, 1.807) is 7.11 Å². The molecule has 2 N–H and O–H groups in total. The van der Waals surface area contributed by atoms with E-state index in [0.717, 1.165) is 37.2 Å². The van der Waals surface area contributed by atoms with Crippen molar-refractivity contribution in [2.24, 2.45) is 0 Å². The summed E-state index contributed by atoms with van der Waals surface area (Å²) < 4.78 is 5.36. The van der Waals surface area contributed by atoms with E-state index in [1.165, 1.54) is 0 Å². The largest absolute Gasteiger partial charge is 0.496 e. The fraction of sp³-hybridized carbons (Fsp3) is 0.562. The summed E-state index contributed by atoms with van der Waals surface area (Å²) in [5.74, 6) is 1.13. The van der Waals surface area contributed by atoms with Crippen molar-refractivity contribution in [1.82, 2.24) is 10.6 Å². The van der Waals surface area contributed by atoms with Crippen molar-refractivity contribution in [3.63, 3.8) is 0 Å². The lowest BCUT2D eigenvalue weighted by Gasteiger charge is -2.24. The molecule has 0 bridgehead atoms. The Morgan fingerprint density at radius 2 is 2.24 bits per heavy atom. The van der Waals surface area contributed by atoms with Gasteiger partial charge in [0.25, 0.3) is 0 Å². The van der Waals surface area contributed by atoms with Crippen LogP contribution in [0.15, 0.2) is 24.3 Å². The average Bonchev–Trinajstić information content (AvgIpc) is 2.48. The number of hydrogen-bond donors (Lipinski definition) is 2. The zero-order valence-corrected chi connectivity index (χ0v) is 13.5. The molecule has 118 valence electrons. The maximum atomic E-state index is 12.1. The Kier molecular flexibility index (Phi) is 7.54. The second-order valence-corrected chi connectivity index (χ2v) is 5.46. The first-order valence-corrected chi connectivity index (χ1v) is 7.33. The van der Waals surface area contributed by atoms with Crippen molar-refractivity contribution in [2.45, 2.75) is 38.1 Å². The molecule has 1 fully saturated rings. The van der Waals surface area contributed by atoms with Gasteiger partial charge in [0.15, 0.2) is 0 Å². The first-order valence-electron chi connectivity index (χ1n) is 7.33. The Morgan fingerprint density at radius 1 is 1.48 bits per heavy atom. The SMILES string of the molecule is COc1ccccc1C(C)CC(=O)N[C@H]1CCCNC1.Cl. The lowest BCUT2D eigenvalue weighted by molar-refractivity contribution is -0.122. The van der Waals surface area contributed by atoms with Gasteiger partial charge in [-0.2, -0.15) is 0 Å². The van der Waals surface area contributed by atoms with Gasteiger partial charge in [-0.25, -0.2) is 0 Å². The van der Waals surface area contributed by atoms with E-state index in [-0.39, 0.29) is 30.3 Å². The number of hydrogen-bond acceptors (Lipinski definition) is 3. The summed E-state index contributed by atoms with van der Waals surface area (Å²) >= 11 is 0. The van der Waals surface area contributed by atoms with Crippen LogP contribution < -0.4 is 15.4 Å². The zero-order valence-electron chi connectivity index (χ0n) is 12.7. The summed E-state index contributed by atoms with van der Waals surface area (Å²) in [5.41, 5.74) is 1.09. The van der Waals surface area contributed by atoms with E-state index in [2.05, 4.69) is 17.6 Å². The van der Waals surface area contributed by atoms with Crippen molar-refractivity contribution in [2.75, 3.05) is 20.2 Å². The van der Waals surface area contributed by atoms with Gasteiger partial charge in [0.05, 0.1) is 7.11 Å². The minimum absolute atomic E-state index is 0. The third-order valence-electron chi connectivity index (χ3n) is 3.82. The van der Waals surface area contributed by atoms with Crippen molar-refractivity contribution < 1.29 is 9.53 Å². The number of halogens is 1. The third-order valence-corrected chi connectivity index (χ3v) is 3.82. The molecule has 5 heteroatoms. The second-order valence-electron chi connectivity index (χ2n) is 5.46. The summed E-state index contributed by atoms with van der Waals surface area (Å²) in [4.78, 5) is 12.1. The number of piperidine rings is 1. The quantitative estimate of drug-likeness (QED) is 0.878. The maximum absolute atomic E-state index is 12.1. The number of nitrogens with one attached hydrogen (secondary N) is 2. The number of rotatable bonds is 5. The molecular weight excluding hydrogens is 288 g/mol. The molecule has 4 nitrogen and oxygen atoms in total. The first kappa shape index (κ1) is 17.8. The molecule has 0 radical (unpaired) electrons. The van der Waals surface area contributed by atoms with Gasteiger partial charge in [0.2, 0.25) is 5.91 Å². The van der Waals surface area contributed by atoms with Crippen LogP contribution in [0.4, 0.5) is 0 Å². The van der Waals surface area contributed by atoms with Crippen LogP contribution in [0.25, 0.3) is 0 Å². The standard InChI is InChI=1S/C16H24N2O2.ClH/c1-12(14-7-3-4-8-15(14)20-2)10-16(19)18-13-6-5-9-17-11-13;/h3-4,7-8,12-13,17H,5-6,9-11H2,1-2H3,(H,18,19);1H/t12?,13-;/m0./s1. The summed E-state index contributed by atoms with van der Waals surface area (Å²) in [6.45, 7) is 4.01. The lowest BCUT2D eigenvalue weighted by Crippen LogP contribution is -2.45. The smallest absolute Gasteiger partial charge is 0.220 e. The Morgan fingerprint density at radius 3 is 2.90 bits per heavy atom. The molecule has 1 amide bonds. The van der Waals surface area contributed by atoms with Crippen molar-refractivity contribution >= 4 is 18.3 Å². The minimum Gasteiger partial charge on any atom is -0.496 e. The van der Waals surface area contributed by atoms with Gasteiger partial charge in [0.1, 0.15) is 5.75 Å². The normalized spacial score (nSPS) is 19.2. The number of methoxy groups -OCH3 is 1. The van der Waals surface area contributed by atoms with E-state index in [0.29, 0.717) is 6.42 Å². The Bertz CT molecular complexity index is 448. The van der Waals surface area contributed by atoms with Crippen molar-refractivity contribution in [3.05, 3.63) is 29.8 Å². The molecule has 1 unspecified atom stereocenters.